The molecule has 0 aliphatic heterocycles. The van der Waals surface area contributed by atoms with Gasteiger partial charge in [-0.05, 0) is 36.6 Å². The summed E-state index contributed by atoms with van der Waals surface area (Å²) < 4.78 is 1.60. The first-order chi connectivity index (χ1) is 12.2. The van der Waals surface area contributed by atoms with Crippen LogP contribution in [0.5, 0.6) is 0 Å². The number of carbonyl (C=O) groups is 1. The summed E-state index contributed by atoms with van der Waals surface area (Å²) in [4.78, 5) is 18.9. The van der Waals surface area contributed by atoms with Crippen LogP contribution in [-0.4, -0.2) is 33.8 Å². The Morgan fingerprint density at radius 2 is 2.28 bits per heavy atom. The molecule has 0 bridgehead atoms. The van der Waals surface area contributed by atoms with E-state index in [1.165, 1.54) is 16.1 Å². The van der Waals surface area contributed by atoms with Crippen LogP contribution in [0.2, 0.25) is 5.02 Å². The molecule has 0 aliphatic rings. The average molecular weight is 377 g/mol. The summed E-state index contributed by atoms with van der Waals surface area (Å²) in [5.41, 5.74) is 1.35. The zero-order valence-corrected chi connectivity index (χ0v) is 15.3. The predicted molar refractivity (Wildman–Crippen MR) is 99.4 cm³/mol. The maximum absolute atomic E-state index is 12.5. The zero-order chi connectivity index (χ0) is 17.6. The molecular formula is C17H19ClN5OS+. The number of quaternary nitrogens is 1. The van der Waals surface area contributed by atoms with Gasteiger partial charge in [0.15, 0.2) is 6.54 Å². The first-order valence-electron chi connectivity index (χ1n) is 7.96. The Morgan fingerprint density at radius 3 is 2.96 bits per heavy atom. The molecule has 1 atom stereocenters. The van der Waals surface area contributed by atoms with Crippen molar-refractivity contribution in [1.29, 1.82) is 0 Å². The lowest BCUT2D eigenvalue weighted by Crippen LogP contribution is -3.11. The van der Waals surface area contributed by atoms with Gasteiger partial charge >= 0.3 is 0 Å². The molecule has 3 rings (SSSR count). The van der Waals surface area contributed by atoms with Gasteiger partial charge in [-0.2, -0.15) is 5.10 Å². The molecule has 6 nitrogen and oxygen atoms in total. The molecule has 0 saturated carbocycles. The number of thiophene rings is 1. The first kappa shape index (κ1) is 17.6. The molecule has 8 heteroatoms. The Labute approximate surface area is 155 Å². The molecule has 0 radical (unpaired) electrons. The van der Waals surface area contributed by atoms with Crippen LogP contribution in [0.25, 0.3) is 5.69 Å². The summed E-state index contributed by atoms with van der Waals surface area (Å²) in [5, 5.41) is 9.68. The summed E-state index contributed by atoms with van der Waals surface area (Å²) in [7, 11) is 0. The van der Waals surface area contributed by atoms with Gasteiger partial charge in [-0.1, -0.05) is 17.7 Å². The van der Waals surface area contributed by atoms with Crippen molar-refractivity contribution in [3.63, 3.8) is 0 Å². The minimum atomic E-state index is -0.0583. The Balaban J connectivity index is 1.71. The molecule has 2 N–H and O–H groups in total. The van der Waals surface area contributed by atoms with Gasteiger partial charge < -0.3 is 10.2 Å². The van der Waals surface area contributed by atoms with Gasteiger partial charge in [0.25, 0.3) is 5.91 Å². The number of benzene rings is 1. The standard InChI is InChI=1S/C17H18ClN5OS/c1-2-22(9-14-4-3-7-25-14)10-17(24)21-15-8-13(18)5-6-16(15)23-12-19-11-20-23/h3-8,11-12H,2,9-10H2,1H3,(H,21,24)/p+1. The number of aromatic nitrogens is 3. The van der Waals surface area contributed by atoms with Crippen LogP contribution in [0.3, 0.4) is 0 Å². The number of anilines is 1. The minimum absolute atomic E-state index is 0.0583. The van der Waals surface area contributed by atoms with Gasteiger partial charge in [-0.15, -0.1) is 11.3 Å². The lowest BCUT2D eigenvalue weighted by atomic mass is 10.2. The van der Waals surface area contributed by atoms with E-state index in [1.807, 2.05) is 12.1 Å². The second-order valence-corrected chi connectivity index (χ2v) is 7.05. The van der Waals surface area contributed by atoms with Crippen molar-refractivity contribution < 1.29 is 9.69 Å². The Kier molecular flexibility index (Phi) is 5.80. The largest absolute Gasteiger partial charge is 0.323 e. The number of nitrogens with zero attached hydrogens (tertiary/aromatic N) is 3. The smallest absolute Gasteiger partial charge is 0.279 e. The summed E-state index contributed by atoms with van der Waals surface area (Å²) in [6.07, 6.45) is 3.03. The second-order valence-electron chi connectivity index (χ2n) is 5.59. The fourth-order valence-electron chi connectivity index (χ4n) is 2.53. The van der Waals surface area contributed by atoms with E-state index in [0.29, 0.717) is 17.3 Å². The van der Waals surface area contributed by atoms with E-state index in [9.17, 15) is 4.79 Å². The molecule has 0 spiro atoms. The molecule has 3 aromatic rings. The quantitative estimate of drug-likeness (QED) is 0.663. The van der Waals surface area contributed by atoms with Crippen molar-refractivity contribution in [2.24, 2.45) is 0 Å². The molecule has 0 saturated heterocycles. The van der Waals surface area contributed by atoms with Crippen molar-refractivity contribution >= 4 is 34.5 Å². The summed E-state index contributed by atoms with van der Waals surface area (Å²) >= 11 is 7.80. The Morgan fingerprint density at radius 1 is 1.40 bits per heavy atom. The average Bonchev–Trinajstić information content (AvgIpc) is 3.28. The topological polar surface area (TPSA) is 64.2 Å². The third kappa shape index (κ3) is 4.66. The predicted octanol–water partition coefficient (Wildman–Crippen LogP) is 2.03. The maximum atomic E-state index is 12.5. The summed E-state index contributed by atoms with van der Waals surface area (Å²) in [6.45, 7) is 4.18. The van der Waals surface area contributed by atoms with E-state index in [0.717, 1.165) is 18.8 Å². The van der Waals surface area contributed by atoms with Crippen LogP contribution in [0.4, 0.5) is 5.69 Å². The zero-order valence-electron chi connectivity index (χ0n) is 13.8. The number of carbonyl (C=O) groups excluding carboxylic acids is 1. The monoisotopic (exact) mass is 376 g/mol. The molecule has 0 fully saturated rings. The van der Waals surface area contributed by atoms with Crippen LogP contribution >= 0.6 is 22.9 Å². The van der Waals surface area contributed by atoms with E-state index >= 15 is 0 Å². The highest BCUT2D eigenvalue weighted by Gasteiger charge is 2.16. The van der Waals surface area contributed by atoms with Crippen LogP contribution in [0, 0.1) is 0 Å². The molecule has 2 aromatic heterocycles. The molecule has 1 aromatic carbocycles. The third-order valence-corrected chi connectivity index (χ3v) is 4.92. The Bertz CT molecular complexity index is 820. The highest BCUT2D eigenvalue weighted by molar-refractivity contribution is 7.09. The molecular weight excluding hydrogens is 358 g/mol. The van der Waals surface area contributed by atoms with Gasteiger partial charge in [0.2, 0.25) is 0 Å². The molecule has 2 heterocycles. The van der Waals surface area contributed by atoms with Gasteiger partial charge in [-0.25, -0.2) is 9.67 Å². The second kappa shape index (κ2) is 8.24. The normalized spacial score (nSPS) is 12.1. The van der Waals surface area contributed by atoms with Crippen molar-refractivity contribution in [3.8, 4) is 5.69 Å². The van der Waals surface area contributed by atoms with E-state index in [1.54, 1.807) is 34.5 Å². The summed E-state index contributed by atoms with van der Waals surface area (Å²) in [6, 6.07) is 9.42. The minimum Gasteiger partial charge on any atom is -0.323 e. The van der Waals surface area contributed by atoms with Gasteiger partial charge in [0.05, 0.1) is 22.8 Å². The number of hydrogen-bond acceptors (Lipinski definition) is 4. The first-order valence-corrected chi connectivity index (χ1v) is 9.22. The lowest BCUT2D eigenvalue weighted by molar-refractivity contribution is -0.903. The van der Waals surface area contributed by atoms with Gasteiger partial charge in [0, 0.05) is 5.02 Å². The number of hydrogen-bond donors (Lipinski definition) is 2. The van der Waals surface area contributed by atoms with Crippen LogP contribution in [0.1, 0.15) is 11.8 Å². The SMILES string of the molecule is CC[NH+](CC(=O)Nc1cc(Cl)ccc1-n1cncn1)Cc1cccs1. The molecule has 130 valence electrons. The van der Waals surface area contributed by atoms with E-state index in [-0.39, 0.29) is 5.91 Å². The number of rotatable bonds is 7. The van der Waals surface area contributed by atoms with Crippen LogP contribution < -0.4 is 10.2 Å². The fourth-order valence-corrected chi connectivity index (χ4v) is 3.48. The van der Waals surface area contributed by atoms with E-state index in [4.69, 9.17) is 11.6 Å². The van der Waals surface area contributed by atoms with Gasteiger partial charge in [-0.3, -0.25) is 4.79 Å². The fraction of sp³-hybridized carbons (Fsp3) is 0.235. The van der Waals surface area contributed by atoms with Crippen molar-refractivity contribution in [2.45, 2.75) is 13.5 Å². The summed E-state index contributed by atoms with van der Waals surface area (Å²) in [5.74, 6) is -0.0583. The lowest BCUT2D eigenvalue weighted by Gasteiger charge is -2.17. The molecule has 0 aliphatic carbocycles. The number of amides is 1. The Hall–Kier alpha value is -2.22. The number of halogens is 1. The highest BCUT2D eigenvalue weighted by Crippen LogP contribution is 2.23. The van der Waals surface area contributed by atoms with Crippen molar-refractivity contribution in [2.75, 3.05) is 18.4 Å². The van der Waals surface area contributed by atoms with Gasteiger partial charge in [0.1, 0.15) is 19.2 Å². The maximum Gasteiger partial charge on any atom is 0.279 e. The van der Waals surface area contributed by atoms with E-state index in [2.05, 4.69) is 33.8 Å². The van der Waals surface area contributed by atoms with Crippen LogP contribution in [-0.2, 0) is 11.3 Å². The molecule has 1 unspecified atom stereocenters. The van der Waals surface area contributed by atoms with Crippen LogP contribution in [0.15, 0.2) is 48.4 Å². The number of nitrogens with one attached hydrogen (secondary N) is 2. The van der Waals surface area contributed by atoms with Crippen molar-refractivity contribution in [3.05, 3.63) is 58.3 Å². The highest BCUT2D eigenvalue weighted by atomic mass is 35.5. The number of likely N-dealkylation sites (N-methyl/N-ethyl adjacent to an activating group) is 1. The third-order valence-electron chi connectivity index (χ3n) is 3.81. The molecule has 25 heavy (non-hydrogen) atoms. The molecule has 1 amide bonds. The van der Waals surface area contributed by atoms with Crippen molar-refractivity contribution in [1.82, 2.24) is 14.8 Å². The van der Waals surface area contributed by atoms with E-state index < -0.39 is 0 Å².